The van der Waals surface area contributed by atoms with E-state index in [0.29, 0.717) is 40.1 Å². The topological polar surface area (TPSA) is 81.5 Å². The van der Waals surface area contributed by atoms with Crippen molar-refractivity contribution in [2.75, 3.05) is 53.6 Å². The number of morpholine rings is 1. The fourth-order valence-corrected chi connectivity index (χ4v) is 5.17. The van der Waals surface area contributed by atoms with Crippen molar-refractivity contribution in [1.29, 1.82) is 0 Å². The molecule has 1 amide bonds. The second-order valence-corrected chi connectivity index (χ2v) is 9.42. The zero-order chi connectivity index (χ0) is 25.4. The molecular formula is C28H32N2O6. The van der Waals surface area contributed by atoms with Gasteiger partial charge < -0.3 is 23.5 Å². The number of ether oxygens (including phenoxy) is 3. The minimum absolute atomic E-state index is 0.108. The summed E-state index contributed by atoms with van der Waals surface area (Å²) in [6.07, 6.45) is 0.758. The summed E-state index contributed by atoms with van der Waals surface area (Å²) in [5, 5.41) is 0.478. The van der Waals surface area contributed by atoms with Crippen LogP contribution in [-0.2, 0) is 4.74 Å². The molecule has 0 saturated carbocycles. The zero-order valence-electron chi connectivity index (χ0n) is 21.3. The fraction of sp³-hybridized carbons (Fsp3) is 0.429. The normalized spacial score (nSPS) is 18.1. The molecule has 0 radical (unpaired) electrons. The Hall–Kier alpha value is -3.36. The van der Waals surface area contributed by atoms with Gasteiger partial charge in [0.25, 0.3) is 5.91 Å². The second-order valence-electron chi connectivity index (χ2n) is 9.42. The van der Waals surface area contributed by atoms with Crippen LogP contribution in [0.4, 0.5) is 0 Å². The molecule has 1 fully saturated rings. The first-order valence-corrected chi connectivity index (χ1v) is 12.3. The average molecular weight is 493 g/mol. The van der Waals surface area contributed by atoms with E-state index < -0.39 is 6.04 Å². The lowest BCUT2D eigenvalue weighted by atomic mass is 9.96. The van der Waals surface area contributed by atoms with E-state index in [1.165, 1.54) is 0 Å². The summed E-state index contributed by atoms with van der Waals surface area (Å²) < 4.78 is 22.7. The highest BCUT2D eigenvalue weighted by Gasteiger charge is 2.43. The van der Waals surface area contributed by atoms with Gasteiger partial charge in [-0.2, -0.15) is 0 Å². The number of fused-ring (bicyclic) bond motifs is 2. The third-order valence-corrected chi connectivity index (χ3v) is 7.29. The molecule has 0 bridgehead atoms. The van der Waals surface area contributed by atoms with Gasteiger partial charge in [-0.05, 0) is 61.7 Å². The van der Waals surface area contributed by atoms with Crippen molar-refractivity contribution in [1.82, 2.24) is 9.80 Å². The van der Waals surface area contributed by atoms with Gasteiger partial charge in [-0.15, -0.1) is 0 Å². The molecule has 1 atom stereocenters. The van der Waals surface area contributed by atoms with Gasteiger partial charge in [-0.3, -0.25) is 14.5 Å². The molecule has 0 aliphatic carbocycles. The van der Waals surface area contributed by atoms with Crippen molar-refractivity contribution in [3.63, 3.8) is 0 Å². The second kappa shape index (κ2) is 9.95. The number of nitrogens with zero attached hydrogens (tertiary/aromatic N) is 2. The summed E-state index contributed by atoms with van der Waals surface area (Å²) in [5.41, 5.74) is 3.30. The summed E-state index contributed by atoms with van der Waals surface area (Å²) in [6, 6.07) is 8.50. The Morgan fingerprint density at radius 1 is 0.972 bits per heavy atom. The molecule has 2 aromatic carbocycles. The summed E-state index contributed by atoms with van der Waals surface area (Å²) in [5.74, 6) is 1.03. The van der Waals surface area contributed by atoms with Crippen molar-refractivity contribution >= 4 is 16.9 Å². The molecule has 0 spiro atoms. The monoisotopic (exact) mass is 492 g/mol. The van der Waals surface area contributed by atoms with E-state index in [4.69, 9.17) is 18.6 Å². The molecule has 5 rings (SSSR count). The molecule has 190 valence electrons. The zero-order valence-corrected chi connectivity index (χ0v) is 21.3. The molecular weight excluding hydrogens is 460 g/mol. The molecule has 8 heteroatoms. The number of carbonyl (C=O) groups excluding carboxylic acids is 1. The van der Waals surface area contributed by atoms with Gasteiger partial charge in [0, 0.05) is 31.7 Å². The molecule has 3 heterocycles. The number of amides is 1. The lowest BCUT2D eigenvalue weighted by Gasteiger charge is -2.29. The highest BCUT2D eigenvalue weighted by molar-refractivity contribution is 5.99. The number of aryl methyl sites for hydroxylation is 2. The van der Waals surface area contributed by atoms with Gasteiger partial charge in [0.05, 0.1) is 44.4 Å². The highest BCUT2D eigenvalue weighted by atomic mass is 16.5. The lowest BCUT2D eigenvalue weighted by molar-refractivity contribution is 0.0353. The quantitative estimate of drug-likeness (QED) is 0.498. The van der Waals surface area contributed by atoms with Crippen LogP contribution in [0.3, 0.4) is 0 Å². The molecule has 2 aliphatic rings. The summed E-state index contributed by atoms with van der Waals surface area (Å²) in [7, 11) is 3.17. The fourth-order valence-electron chi connectivity index (χ4n) is 5.17. The van der Waals surface area contributed by atoms with Crippen molar-refractivity contribution in [3.05, 3.63) is 68.6 Å². The standard InChI is InChI=1S/C28H32N2O6/c1-17-14-21-23(15-18(17)2)36-27-24(26(21)31)25(20-16-19(33-3)6-7-22(20)34-4)30(28(27)32)9-5-8-29-10-12-35-13-11-29/h6-7,14-16,25H,5,8-13H2,1-4H3. The first-order valence-electron chi connectivity index (χ1n) is 12.3. The van der Waals surface area contributed by atoms with Gasteiger partial charge in [0.15, 0.2) is 5.43 Å². The van der Waals surface area contributed by atoms with E-state index in [-0.39, 0.29) is 17.1 Å². The Kier molecular flexibility index (Phi) is 6.73. The Labute approximate surface area is 210 Å². The maximum atomic E-state index is 13.9. The maximum absolute atomic E-state index is 13.9. The number of hydrogen-bond donors (Lipinski definition) is 0. The van der Waals surface area contributed by atoms with Gasteiger partial charge >= 0.3 is 0 Å². The first kappa shape index (κ1) is 24.3. The number of hydrogen-bond acceptors (Lipinski definition) is 7. The average Bonchev–Trinajstić information content (AvgIpc) is 3.17. The van der Waals surface area contributed by atoms with E-state index in [9.17, 15) is 9.59 Å². The third-order valence-electron chi connectivity index (χ3n) is 7.29. The Bertz CT molecular complexity index is 1360. The van der Waals surface area contributed by atoms with Crippen LogP contribution in [0.5, 0.6) is 11.5 Å². The van der Waals surface area contributed by atoms with Crippen molar-refractivity contribution < 1.29 is 23.4 Å². The van der Waals surface area contributed by atoms with Gasteiger partial charge in [-0.1, -0.05) is 0 Å². The van der Waals surface area contributed by atoms with Crippen LogP contribution in [0.25, 0.3) is 11.0 Å². The van der Waals surface area contributed by atoms with E-state index in [2.05, 4.69) is 4.90 Å². The minimum Gasteiger partial charge on any atom is -0.497 e. The smallest absolute Gasteiger partial charge is 0.290 e. The number of carbonyl (C=O) groups is 1. The molecule has 3 aromatic rings. The van der Waals surface area contributed by atoms with Crippen molar-refractivity contribution in [2.24, 2.45) is 0 Å². The number of rotatable bonds is 7. The van der Waals surface area contributed by atoms with Crippen LogP contribution < -0.4 is 14.9 Å². The maximum Gasteiger partial charge on any atom is 0.290 e. The van der Waals surface area contributed by atoms with Crippen LogP contribution in [0, 0.1) is 13.8 Å². The third kappa shape index (κ3) is 4.24. The predicted octanol–water partition coefficient (Wildman–Crippen LogP) is 3.69. The van der Waals surface area contributed by atoms with Crippen molar-refractivity contribution in [3.8, 4) is 11.5 Å². The number of methoxy groups -OCH3 is 2. The Morgan fingerprint density at radius 2 is 1.72 bits per heavy atom. The number of benzene rings is 2. The molecule has 1 unspecified atom stereocenters. The van der Waals surface area contributed by atoms with Gasteiger partial charge in [0.1, 0.15) is 17.1 Å². The SMILES string of the molecule is COc1ccc(OC)c(C2c3c(oc4cc(C)c(C)cc4c3=O)C(=O)N2CCCN2CCOCC2)c1. The minimum atomic E-state index is -0.635. The molecule has 2 aliphatic heterocycles. The molecule has 36 heavy (non-hydrogen) atoms. The largest absolute Gasteiger partial charge is 0.497 e. The van der Waals surface area contributed by atoms with Gasteiger partial charge in [-0.25, -0.2) is 0 Å². The summed E-state index contributed by atoms with van der Waals surface area (Å²) in [4.78, 5) is 31.7. The summed E-state index contributed by atoms with van der Waals surface area (Å²) in [6.45, 7) is 8.45. The van der Waals surface area contributed by atoms with Crippen molar-refractivity contribution in [2.45, 2.75) is 26.3 Å². The van der Waals surface area contributed by atoms with Gasteiger partial charge in [0.2, 0.25) is 5.76 Å². The van der Waals surface area contributed by atoms with E-state index >= 15 is 0 Å². The molecule has 1 saturated heterocycles. The Morgan fingerprint density at radius 3 is 2.44 bits per heavy atom. The van der Waals surface area contributed by atoms with Crippen LogP contribution >= 0.6 is 0 Å². The van der Waals surface area contributed by atoms with Crippen LogP contribution in [0.15, 0.2) is 39.5 Å². The first-order chi connectivity index (χ1) is 17.4. The summed E-state index contributed by atoms with van der Waals surface area (Å²) >= 11 is 0. The van der Waals surface area contributed by atoms with Crippen LogP contribution in [0.2, 0.25) is 0 Å². The lowest BCUT2D eigenvalue weighted by Crippen LogP contribution is -2.39. The molecule has 8 nitrogen and oxygen atoms in total. The predicted molar refractivity (Wildman–Crippen MR) is 136 cm³/mol. The van der Waals surface area contributed by atoms with E-state index in [1.807, 2.05) is 32.0 Å². The van der Waals surface area contributed by atoms with Crippen LogP contribution in [0.1, 0.15) is 45.3 Å². The Balaban J connectivity index is 1.62. The van der Waals surface area contributed by atoms with E-state index in [0.717, 1.165) is 50.4 Å². The highest BCUT2D eigenvalue weighted by Crippen LogP contribution is 2.43. The van der Waals surface area contributed by atoms with E-state index in [1.54, 1.807) is 31.3 Å². The molecule has 0 N–H and O–H groups in total. The van der Waals surface area contributed by atoms with Crippen LogP contribution in [-0.4, -0.2) is 69.3 Å². The molecule has 1 aromatic heterocycles.